The molecule has 1 aromatic carbocycles. The molecule has 90 valence electrons. The lowest BCUT2D eigenvalue weighted by Crippen LogP contribution is -1.99. The fourth-order valence-electron chi connectivity index (χ4n) is 1.79. The molecule has 5 heteroatoms. The van der Waals surface area contributed by atoms with Gasteiger partial charge in [-0.25, -0.2) is 9.67 Å². The molecule has 0 atom stereocenters. The predicted octanol–water partition coefficient (Wildman–Crippen LogP) is 3.16. The molecule has 0 aliphatic carbocycles. The monoisotopic (exact) mass is 302 g/mol. The van der Waals surface area contributed by atoms with Crippen molar-refractivity contribution in [2.75, 3.05) is 0 Å². The highest BCUT2D eigenvalue weighted by molar-refractivity contribution is 9.08. The summed E-state index contributed by atoms with van der Waals surface area (Å²) in [7, 11) is 0. The number of nitrogens with one attached hydrogen (secondary N) is 1. The summed E-state index contributed by atoms with van der Waals surface area (Å²) in [6, 6.07) is 11.9. The molecule has 0 saturated heterocycles. The van der Waals surface area contributed by atoms with Crippen LogP contribution in [0.15, 0.2) is 48.8 Å². The van der Waals surface area contributed by atoms with E-state index < -0.39 is 0 Å². The third-order valence-electron chi connectivity index (χ3n) is 2.65. The minimum absolute atomic E-state index is 0.665. The van der Waals surface area contributed by atoms with Crippen molar-refractivity contribution in [2.24, 2.45) is 0 Å². The van der Waals surface area contributed by atoms with Gasteiger partial charge in [0.2, 0.25) is 0 Å². The van der Waals surface area contributed by atoms with Gasteiger partial charge in [0.25, 0.3) is 0 Å². The smallest absolute Gasteiger partial charge is 0.181 e. The van der Waals surface area contributed by atoms with Crippen LogP contribution in [0.25, 0.3) is 17.1 Å². The molecule has 1 N–H and O–H groups in total. The Labute approximate surface area is 113 Å². The normalized spacial score (nSPS) is 10.7. The second kappa shape index (κ2) is 4.78. The van der Waals surface area contributed by atoms with Crippen molar-refractivity contribution in [1.82, 2.24) is 19.7 Å². The van der Waals surface area contributed by atoms with Crippen molar-refractivity contribution >= 4 is 15.9 Å². The topological polar surface area (TPSA) is 46.5 Å². The molecule has 4 nitrogen and oxygen atoms in total. The molecule has 2 aromatic heterocycles. The van der Waals surface area contributed by atoms with Crippen molar-refractivity contribution in [1.29, 1.82) is 0 Å². The molecule has 0 saturated carbocycles. The maximum absolute atomic E-state index is 4.55. The molecular formula is C13H11BrN4. The first-order valence-electron chi connectivity index (χ1n) is 5.59. The van der Waals surface area contributed by atoms with Gasteiger partial charge in [0.1, 0.15) is 5.82 Å². The first-order valence-corrected chi connectivity index (χ1v) is 6.71. The third kappa shape index (κ3) is 1.97. The summed E-state index contributed by atoms with van der Waals surface area (Å²) < 4.78 is 1.84. The summed E-state index contributed by atoms with van der Waals surface area (Å²) in [5, 5.41) is 5.21. The Bertz CT molecular complexity index is 628. The molecule has 3 rings (SSSR count). The van der Waals surface area contributed by atoms with Crippen LogP contribution in [0.2, 0.25) is 0 Å². The van der Waals surface area contributed by atoms with Crippen molar-refractivity contribution < 1.29 is 0 Å². The van der Waals surface area contributed by atoms with E-state index in [9.17, 15) is 0 Å². The van der Waals surface area contributed by atoms with Crippen LogP contribution in [0, 0.1) is 0 Å². The summed E-state index contributed by atoms with van der Waals surface area (Å²) in [6.07, 6.45) is 3.77. The zero-order valence-corrected chi connectivity index (χ0v) is 11.1. The van der Waals surface area contributed by atoms with Gasteiger partial charge in [-0.1, -0.05) is 46.3 Å². The van der Waals surface area contributed by atoms with Gasteiger partial charge in [-0.05, 0) is 6.07 Å². The van der Waals surface area contributed by atoms with Gasteiger partial charge < -0.3 is 4.98 Å². The largest absolute Gasteiger partial charge is 0.366 e. The van der Waals surface area contributed by atoms with Gasteiger partial charge >= 0.3 is 0 Å². The number of hydrogen-bond acceptors (Lipinski definition) is 2. The molecule has 0 fully saturated rings. The highest BCUT2D eigenvalue weighted by Gasteiger charge is 2.11. The molecule has 2 heterocycles. The van der Waals surface area contributed by atoms with Crippen LogP contribution >= 0.6 is 15.9 Å². The molecule has 3 aromatic rings. The van der Waals surface area contributed by atoms with Gasteiger partial charge in [-0.2, -0.15) is 0 Å². The zero-order valence-electron chi connectivity index (χ0n) is 9.55. The average Bonchev–Trinajstić information content (AvgIpc) is 3.08. The fourth-order valence-corrected chi connectivity index (χ4v) is 2.16. The van der Waals surface area contributed by atoms with Gasteiger partial charge in [0.05, 0.1) is 11.0 Å². The Morgan fingerprint density at radius 3 is 2.67 bits per heavy atom. The van der Waals surface area contributed by atoms with E-state index in [1.165, 1.54) is 0 Å². The van der Waals surface area contributed by atoms with Crippen LogP contribution in [-0.2, 0) is 5.33 Å². The first kappa shape index (κ1) is 11.2. The summed E-state index contributed by atoms with van der Waals surface area (Å²) in [4.78, 5) is 7.57. The van der Waals surface area contributed by atoms with Gasteiger partial charge in [0.15, 0.2) is 5.82 Å². The van der Waals surface area contributed by atoms with Crippen LogP contribution in [0.1, 0.15) is 5.82 Å². The van der Waals surface area contributed by atoms with Crippen LogP contribution in [0.5, 0.6) is 0 Å². The Kier molecular flexibility index (Phi) is 2.98. The lowest BCUT2D eigenvalue weighted by atomic mass is 10.2. The Morgan fingerprint density at radius 1 is 1.17 bits per heavy atom. The number of nitrogens with zero attached hydrogens (tertiary/aromatic N) is 3. The lowest BCUT2D eigenvalue weighted by Gasteiger charge is -1.98. The van der Waals surface area contributed by atoms with E-state index in [0.29, 0.717) is 5.33 Å². The Balaban J connectivity index is 2.09. The van der Waals surface area contributed by atoms with E-state index in [-0.39, 0.29) is 0 Å². The number of halogens is 1. The number of rotatable bonds is 3. The summed E-state index contributed by atoms with van der Waals surface area (Å²) >= 11 is 3.45. The van der Waals surface area contributed by atoms with Gasteiger partial charge in [-0.3, -0.25) is 0 Å². The molecule has 0 aliphatic rings. The highest BCUT2D eigenvalue weighted by atomic mass is 79.9. The first-order chi connectivity index (χ1) is 8.88. The van der Waals surface area contributed by atoms with Crippen LogP contribution in [-0.4, -0.2) is 19.7 Å². The molecule has 0 radical (unpaired) electrons. The van der Waals surface area contributed by atoms with Crippen molar-refractivity contribution in [3.8, 4) is 17.1 Å². The second-order valence-corrected chi connectivity index (χ2v) is 4.39. The van der Waals surface area contributed by atoms with Crippen LogP contribution < -0.4 is 0 Å². The minimum Gasteiger partial charge on any atom is -0.366 e. The quantitative estimate of drug-likeness (QED) is 0.756. The number of aromatic nitrogens is 4. The minimum atomic E-state index is 0.665. The maximum Gasteiger partial charge on any atom is 0.181 e. The summed E-state index contributed by atoms with van der Waals surface area (Å²) in [6.45, 7) is 0. The van der Waals surface area contributed by atoms with E-state index in [1.54, 1.807) is 0 Å². The van der Waals surface area contributed by atoms with E-state index in [0.717, 1.165) is 22.9 Å². The van der Waals surface area contributed by atoms with Crippen LogP contribution in [0.3, 0.4) is 0 Å². The number of benzene rings is 1. The lowest BCUT2D eigenvalue weighted by molar-refractivity contribution is 0.839. The molecule has 0 spiro atoms. The molecule has 0 unspecified atom stereocenters. The van der Waals surface area contributed by atoms with E-state index in [1.807, 2.05) is 53.5 Å². The number of hydrogen-bond donors (Lipinski definition) is 1. The highest BCUT2D eigenvalue weighted by Crippen LogP contribution is 2.19. The standard InChI is InChI=1S/C13H11BrN4/c14-8-12-16-13(10-4-2-1-3-5-10)17-18(12)11-6-7-15-9-11/h1-7,9,15H,8H2. The Morgan fingerprint density at radius 2 is 2.00 bits per heavy atom. The van der Waals surface area contributed by atoms with Crippen LogP contribution in [0.4, 0.5) is 0 Å². The average molecular weight is 303 g/mol. The van der Waals surface area contributed by atoms with Gasteiger partial charge in [-0.15, -0.1) is 5.10 Å². The van der Waals surface area contributed by atoms with E-state index >= 15 is 0 Å². The van der Waals surface area contributed by atoms with Gasteiger partial charge in [0, 0.05) is 18.0 Å². The van der Waals surface area contributed by atoms with Crippen molar-refractivity contribution in [2.45, 2.75) is 5.33 Å². The maximum atomic E-state index is 4.55. The molecular weight excluding hydrogens is 292 g/mol. The molecule has 0 bridgehead atoms. The number of H-pyrrole nitrogens is 1. The number of alkyl halides is 1. The summed E-state index contributed by atoms with van der Waals surface area (Å²) in [5.74, 6) is 1.62. The molecule has 0 aliphatic heterocycles. The number of aromatic amines is 1. The van der Waals surface area contributed by atoms with Crippen molar-refractivity contribution in [3.05, 3.63) is 54.6 Å². The van der Waals surface area contributed by atoms with Crippen molar-refractivity contribution in [3.63, 3.8) is 0 Å². The SMILES string of the molecule is BrCc1nc(-c2ccccc2)nn1-c1cc[nH]c1. The van der Waals surface area contributed by atoms with E-state index in [4.69, 9.17) is 0 Å². The summed E-state index contributed by atoms with van der Waals surface area (Å²) in [5.41, 5.74) is 2.01. The Hall–Kier alpha value is -1.88. The fraction of sp³-hybridized carbons (Fsp3) is 0.0769. The zero-order chi connectivity index (χ0) is 12.4. The second-order valence-electron chi connectivity index (χ2n) is 3.83. The molecule has 0 amide bonds. The van der Waals surface area contributed by atoms with E-state index in [2.05, 4.69) is 31.0 Å². The molecule has 18 heavy (non-hydrogen) atoms. The third-order valence-corrected chi connectivity index (χ3v) is 3.15. The predicted molar refractivity (Wildman–Crippen MR) is 73.8 cm³/mol.